The van der Waals surface area contributed by atoms with Crippen molar-refractivity contribution in [2.75, 3.05) is 0 Å². The number of benzene rings is 1. The van der Waals surface area contributed by atoms with Crippen molar-refractivity contribution < 1.29 is 19.2 Å². The maximum absolute atomic E-state index is 12.3. The molecule has 3 heterocycles. The largest absolute Gasteiger partial charge is 0.383 e. The molecule has 2 aromatic heterocycles. The Morgan fingerprint density at radius 2 is 1.67 bits per heavy atom. The topological polar surface area (TPSA) is 81.0 Å². The number of hydrogen-bond acceptors (Lipinski definition) is 5. The Morgan fingerprint density at radius 1 is 1.00 bits per heavy atom. The van der Waals surface area contributed by atoms with E-state index in [2.05, 4.69) is 4.98 Å². The molecule has 118 valence electrons. The Hall–Kier alpha value is -3.48. The Morgan fingerprint density at radius 3 is 2.29 bits per heavy atom. The second-order valence-corrected chi connectivity index (χ2v) is 5.35. The van der Waals surface area contributed by atoms with E-state index in [0.717, 1.165) is 5.69 Å². The Bertz CT molecular complexity index is 987. The quantitative estimate of drug-likeness (QED) is 0.674. The summed E-state index contributed by atoms with van der Waals surface area (Å²) in [5, 5.41) is 0.476. The predicted octanol–water partition coefficient (Wildman–Crippen LogP) is 2.01. The number of imidazole rings is 1. The zero-order valence-corrected chi connectivity index (χ0v) is 12.6. The average molecular weight is 321 g/mol. The van der Waals surface area contributed by atoms with E-state index in [4.69, 9.17) is 4.84 Å². The molecule has 1 aromatic carbocycles. The fourth-order valence-corrected chi connectivity index (χ4v) is 2.63. The number of nitrogens with zero attached hydrogens (tertiary/aromatic N) is 3. The van der Waals surface area contributed by atoms with Crippen molar-refractivity contribution in [1.29, 1.82) is 0 Å². The molecule has 1 aliphatic heterocycles. The van der Waals surface area contributed by atoms with Crippen LogP contribution in [0, 0.1) is 6.92 Å². The number of aromatic nitrogens is 2. The minimum atomic E-state index is -0.868. The van der Waals surface area contributed by atoms with Crippen LogP contribution in [0.1, 0.15) is 36.9 Å². The van der Waals surface area contributed by atoms with Crippen LogP contribution in [-0.2, 0) is 4.84 Å². The van der Waals surface area contributed by atoms with Gasteiger partial charge in [-0.15, -0.1) is 0 Å². The molecule has 0 unspecified atom stereocenters. The lowest BCUT2D eigenvalue weighted by Crippen LogP contribution is -2.32. The first kappa shape index (κ1) is 14.1. The number of imide groups is 1. The number of hydroxylamine groups is 2. The maximum Gasteiger partial charge on any atom is 0.383 e. The van der Waals surface area contributed by atoms with E-state index in [-0.39, 0.29) is 16.8 Å². The molecule has 0 fully saturated rings. The molecule has 0 atom stereocenters. The lowest BCUT2D eigenvalue weighted by molar-refractivity contribution is -0.0588. The standard InChI is InChI=1S/C17H11N3O4/c1-10-5-4-8-14-18-13(9-19(10)14)17(23)24-20-15(21)11-6-2-3-7-12(11)16(20)22/h2-9H,1H3. The van der Waals surface area contributed by atoms with Crippen LogP contribution in [0.15, 0.2) is 48.7 Å². The maximum atomic E-state index is 12.3. The predicted molar refractivity (Wildman–Crippen MR) is 82.3 cm³/mol. The van der Waals surface area contributed by atoms with Gasteiger partial charge in [0, 0.05) is 11.9 Å². The van der Waals surface area contributed by atoms with E-state index in [1.807, 2.05) is 19.1 Å². The van der Waals surface area contributed by atoms with Crippen molar-refractivity contribution in [3.63, 3.8) is 0 Å². The number of fused-ring (bicyclic) bond motifs is 2. The summed E-state index contributed by atoms with van der Waals surface area (Å²) in [6.07, 6.45) is 1.51. The molecule has 0 bridgehead atoms. The van der Waals surface area contributed by atoms with Gasteiger partial charge in [0.05, 0.1) is 11.1 Å². The van der Waals surface area contributed by atoms with Gasteiger partial charge in [-0.3, -0.25) is 9.59 Å². The third-order valence-electron chi connectivity index (χ3n) is 3.84. The highest BCUT2D eigenvalue weighted by Crippen LogP contribution is 2.23. The third-order valence-corrected chi connectivity index (χ3v) is 3.84. The Balaban J connectivity index is 1.64. The first-order valence-corrected chi connectivity index (χ1v) is 7.21. The zero-order valence-electron chi connectivity index (χ0n) is 12.6. The Labute approximate surface area is 136 Å². The van der Waals surface area contributed by atoms with Crippen LogP contribution in [0.3, 0.4) is 0 Å². The molecule has 0 radical (unpaired) electrons. The van der Waals surface area contributed by atoms with Gasteiger partial charge < -0.3 is 9.24 Å². The van der Waals surface area contributed by atoms with Gasteiger partial charge in [0.25, 0.3) is 11.8 Å². The highest BCUT2D eigenvalue weighted by molar-refractivity contribution is 6.21. The molecule has 0 spiro atoms. The number of hydrogen-bond donors (Lipinski definition) is 0. The summed E-state index contributed by atoms with van der Waals surface area (Å²) in [4.78, 5) is 45.8. The SMILES string of the molecule is Cc1cccc2nc(C(=O)ON3C(=O)c4ccccc4C3=O)cn12. The molecule has 0 saturated carbocycles. The minimum absolute atomic E-state index is 0.0147. The van der Waals surface area contributed by atoms with Gasteiger partial charge in [0.15, 0.2) is 5.69 Å². The molecule has 7 heteroatoms. The number of pyridine rings is 1. The van der Waals surface area contributed by atoms with Crippen LogP contribution in [-0.4, -0.2) is 32.2 Å². The number of rotatable bonds is 2. The summed E-state index contributed by atoms with van der Waals surface area (Å²) >= 11 is 0. The number of carbonyl (C=O) groups is 3. The van der Waals surface area contributed by atoms with Crippen LogP contribution in [0.5, 0.6) is 0 Å². The average Bonchev–Trinajstić information content (AvgIpc) is 3.12. The van der Waals surface area contributed by atoms with Crippen molar-refractivity contribution >= 4 is 23.4 Å². The molecule has 3 aromatic rings. The third kappa shape index (κ3) is 1.98. The van der Waals surface area contributed by atoms with Crippen molar-refractivity contribution in [3.05, 3.63) is 71.2 Å². The Kier molecular flexibility index (Phi) is 2.96. The van der Waals surface area contributed by atoms with Crippen LogP contribution >= 0.6 is 0 Å². The fourth-order valence-electron chi connectivity index (χ4n) is 2.63. The van der Waals surface area contributed by atoms with E-state index < -0.39 is 17.8 Å². The van der Waals surface area contributed by atoms with Gasteiger partial charge >= 0.3 is 5.97 Å². The number of aryl methyl sites for hydroxylation is 1. The summed E-state index contributed by atoms with van der Waals surface area (Å²) in [6, 6.07) is 11.7. The van der Waals surface area contributed by atoms with E-state index in [1.54, 1.807) is 22.6 Å². The van der Waals surface area contributed by atoms with Gasteiger partial charge in [-0.2, -0.15) is 0 Å². The first-order valence-electron chi connectivity index (χ1n) is 7.21. The second-order valence-electron chi connectivity index (χ2n) is 5.35. The van der Waals surface area contributed by atoms with Gasteiger partial charge in [0.1, 0.15) is 5.65 Å². The van der Waals surface area contributed by atoms with Crippen LogP contribution in [0.4, 0.5) is 0 Å². The van der Waals surface area contributed by atoms with Crippen molar-refractivity contribution in [2.45, 2.75) is 6.92 Å². The summed E-state index contributed by atoms with van der Waals surface area (Å²) in [5.41, 5.74) is 1.90. The van der Waals surface area contributed by atoms with Crippen LogP contribution in [0.25, 0.3) is 5.65 Å². The van der Waals surface area contributed by atoms with Crippen LogP contribution in [0.2, 0.25) is 0 Å². The van der Waals surface area contributed by atoms with E-state index in [0.29, 0.717) is 10.7 Å². The normalized spacial score (nSPS) is 13.5. The molecule has 0 N–H and O–H groups in total. The van der Waals surface area contributed by atoms with Gasteiger partial charge in [-0.1, -0.05) is 23.3 Å². The minimum Gasteiger partial charge on any atom is -0.322 e. The fraction of sp³-hybridized carbons (Fsp3) is 0.0588. The van der Waals surface area contributed by atoms with Crippen molar-refractivity contribution in [2.24, 2.45) is 0 Å². The zero-order chi connectivity index (χ0) is 16.8. The molecule has 7 nitrogen and oxygen atoms in total. The van der Waals surface area contributed by atoms with Crippen LogP contribution < -0.4 is 0 Å². The van der Waals surface area contributed by atoms with Gasteiger partial charge in [-0.25, -0.2) is 9.78 Å². The summed E-state index contributed by atoms with van der Waals surface area (Å²) in [6.45, 7) is 1.87. The first-order chi connectivity index (χ1) is 11.6. The smallest absolute Gasteiger partial charge is 0.322 e. The summed E-state index contributed by atoms with van der Waals surface area (Å²) in [7, 11) is 0. The van der Waals surface area contributed by atoms with Gasteiger partial charge in [-0.05, 0) is 31.2 Å². The molecular weight excluding hydrogens is 310 g/mol. The molecule has 4 rings (SSSR count). The molecular formula is C17H11N3O4. The van der Waals surface area contributed by atoms with E-state index in [1.165, 1.54) is 18.3 Å². The molecule has 0 saturated heterocycles. The molecule has 24 heavy (non-hydrogen) atoms. The lowest BCUT2D eigenvalue weighted by atomic mass is 10.1. The second kappa shape index (κ2) is 5.02. The number of amides is 2. The van der Waals surface area contributed by atoms with E-state index in [9.17, 15) is 14.4 Å². The molecule has 0 aliphatic carbocycles. The van der Waals surface area contributed by atoms with Crippen molar-refractivity contribution in [3.8, 4) is 0 Å². The highest BCUT2D eigenvalue weighted by atomic mass is 16.7. The highest BCUT2D eigenvalue weighted by Gasteiger charge is 2.39. The monoisotopic (exact) mass is 321 g/mol. The summed E-state index contributed by atoms with van der Waals surface area (Å²) < 4.78 is 1.72. The number of carbonyl (C=O) groups excluding carboxylic acids is 3. The molecule has 1 aliphatic rings. The van der Waals surface area contributed by atoms with Gasteiger partial charge in [0.2, 0.25) is 0 Å². The summed E-state index contributed by atoms with van der Waals surface area (Å²) in [5.74, 6) is -2.19. The van der Waals surface area contributed by atoms with E-state index >= 15 is 0 Å². The lowest BCUT2D eigenvalue weighted by Gasteiger charge is -2.11. The molecule has 2 amide bonds. The van der Waals surface area contributed by atoms with Crippen molar-refractivity contribution in [1.82, 2.24) is 14.4 Å².